The first kappa shape index (κ1) is 27.8. The van der Waals surface area contributed by atoms with Gasteiger partial charge in [-0.25, -0.2) is 0 Å². The number of benzene rings is 8. The zero-order valence-electron chi connectivity index (χ0n) is 28.2. The predicted octanol–water partition coefficient (Wildman–Crippen LogP) is 13.5. The molecule has 50 heavy (non-hydrogen) atoms. The molecule has 0 atom stereocenters. The van der Waals surface area contributed by atoms with Crippen LogP contribution in [0.5, 0.6) is 0 Å². The van der Waals surface area contributed by atoms with Gasteiger partial charge in [0.25, 0.3) is 0 Å². The number of rotatable bonds is 2. The molecule has 0 amide bonds. The van der Waals surface area contributed by atoms with Gasteiger partial charge in [0.15, 0.2) is 0 Å². The fraction of sp³-hybridized carbons (Fsp3) is 0.0833. The van der Waals surface area contributed by atoms with Crippen molar-refractivity contribution < 1.29 is 4.42 Å². The minimum Gasteiger partial charge on any atom is -0.456 e. The van der Waals surface area contributed by atoms with Crippen molar-refractivity contribution in [3.63, 3.8) is 0 Å². The molecule has 8 aromatic carbocycles. The number of fused-ring (bicyclic) bond motifs is 12. The monoisotopic (exact) mass is 639 g/mol. The van der Waals surface area contributed by atoms with E-state index < -0.39 is 0 Å². The third kappa shape index (κ3) is 3.53. The molecule has 2 aromatic heterocycles. The highest BCUT2D eigenvalue weighted by Gasteiger charge is 2.38. The van der Waals surface area contributed by atoms with Gasteiger partial charge in [0, 0.05) is 38.0 Å². The normalized spacial score (nSPS) is 13.7. The summed E-state index contributed by atoms with van der Waals surface area (Å²) in [6.45, 7) is 6.89. The highest BCUT2D eigenvalue weighted by Crippen LogP contribution is 2.56. The van der Waals surface area contributed by atoms with Crippen LogP contribution >= 0.6 is 0 Å². The molecule has 0 saturated carbocycles. The summed E-state index contributed by atoms with van der Waals surface area (Å²) in [5.74, 6) is 0. The summed E-state index contributed by atoms with van der Waals surface area (Å²) in [7, 11) is 0. The molecule has 0 aliphatic heterocycles. The molecule has 10 aromatic rings. The van der Waals surface area contributed by atoms with Crippen LogP contribution in [-0.4, -0.2) is 4.98 Å². The van der Waals surface area contributed by atoms with Gasteiger partial charge in [-0.05, 0) is 97.2 Å². The van der Waals surface area contributed by atoms with E-state index in [9.17, 15) is 0 Å². The van der Waals surface area contributed by atoms with E-state index in [1.807, 2.05) is 0 Å². The van der Waals surface area contributed by atoms with Crippen molar-refractivity contribution in [1.29, 1.82) is 0 Å². The maximum absolute atomic E-state index is 6.52. The Bertz CT molecular complexity index is 3020. The van der Waals surface area contributed by atoms with Crippen LogP contribution in [0.25, 0.3) is 98.7 Å². The van der Waals surface area contributed by atoms with Crippen LogP contribution in [0.1, 0.15) is 30.5 Å². The average molecular weight is 640 g/mol. The second-order valence-corrected chi connectivity index (χ2v) is 14.5. The molecule has 1 N–H and O–H groups in total. The second-order valence-electron chi connectivity index (χ2n) is 14.5. The van der Waals surface area contributed by atoms with Crippen LogP contribution in [0.4, 0.5) is 0 Å². The SMILES string of the molecule is Cc1cccc2c1oc1cc(-c3c4ccccc4c(-c4cc5c(c6c4[nH]c4ccccc46)C(C)(C)c4ccccc4-5)c4ccccc34)ccc12. The van der Waals surface area contributed by atoms with Gasteiger partial charge in [0.05, 0.1) is 5.52 Å². The molecule has 0 spiro atoms. The fourth-order valence-electron chi connectivity index (χ4n) is 9.31. The molecule has 2 heteroatoms. The molecule has 11 rings (SSSR count). The zero-order valence-corrected chi connectivity index (χ0v) is 28.2. The van der Waals surface area contributed by atoms with Crippen LogP contribution in [0.3, 0.4) is 0 Å². The van der Waals surface area contributed by atoms with Gasteiger partial charge in [-0.2, -0.15) is 0 Å². The number of hydrogen-bond donors (Lipinski definition) is 1. The van der Waals surface area contributed by atoms with E-state index in [0.29, 0.717) is 0 Å². The van der Waals surface area contributed by atoms with Crippen molar-refractivity contribution in [3.05, 3.63) is 156 Å². The van der Waals surface area contributed by atoms with Gasteiger partial charge in [-0.15, -0.1) is 0 Å². The molecule has 0 bridgehead atoms. The van der Waals surface area contributed by atoms with Crippen LogP contribution in [0, 0.1) is 6.92 Å². The first-order valence-electron chi connectivity index (χ1n) is 17.5. The highest BCUT2D eigenvalue weighted by molar-refractivity contribution is 6.26. The molecule has 2 nitrogen and oxygen atoms in total. The number of aryl methyl sites for hydroxylation is 1. The van der Waals surface area contributed by atoms with Gasteiger partial charge in [-0.1, -0.05) is 129 Å². The second kappa shape index (κ2) is 9.74. The van der Waals surface area contributed by atoms with Crippen molar-refractivity contribution in [2.75, 3.05) is 0 Å². The average Bonchev–Trinajstić information content (AvgIpc) is 3.79. The molecule has 0 fully saturated rings. The molecule has 2 heterocycles. The summed E-state index contributed by atoms with van der Waals surface area (Å²) < 4.78 is 6.52. The van der Waals surface area contributed by atoms with E-state index in [0.717, 1.165) is 27.7 Å². The number of nitrogens with one attached hydrogen (secondary N) is 1. The van der Waals surface area contributed by atoms with Crippen molar-refractivity contribution >= 4 is 65.3 Å². The van der Waals surface area contributed by atoms with E-state index in [2.05, 4.69) is 165 Å². The van der Waals surface area contributed by atoms with Crippen LogP contribution < -0.4 is 0 Å². The van der Waals surface area contributed by atoms with Crippen molar-refractivity contribution in [1.82, 2.24) is 4.98 Å². The van der Waals surface area contributed by atoms with E-state index in [1.54, 1.807) is 0 Å². The lowest BCUT2D eigenvalue weighted by Gasteiger charge is -2.24. The minimum absolute atomic E-state index is 0.129. The van der Waals surface area contributed by atoms with E-state index in [-0.39, 0.29) is 5.41 Å². The summed E-state index contributed by atoms with van der Waals surface area (Å²) in [6, 6.07) is 51.4. The van der Waals surface area contributed by atoms with Crippen molar-refractivity contribution in [3.8, 4) is 33.4 Å². The molecule has 0 radical (unpaired) electrons. The summed E-state index contributed by atoms with van der Waals surface area (Å²) >= 11 is 0. The third-order valence-corrected chi connectivity index (χ3v) is 11.5. The number of hydrogen-bond acceptors (Lipinski definition) is 1. The Morgan fingerprint density at radius 3 is 1.92 bits per heavy atom. The lowest BCUT2D eigenvalue weighted by atomic mass is 9.79. The number of aromatic nitrogens is 1. The Labute approximate surface area is 289 Å². The predicted molar refractivity (Wildman–Crippen MR) is 211 cm³/mol. The molecular weight excluding hydrogens is 607 g/mol. The standard InChI is InChI=1S/C48H33NO/c1-27-13-12-20-35-30-24-23-28(25-41(30)50-47(27)35)42-31-15-4-6-17-33(31)43(34-18-7-5-16-32(34)42)38-26-37-29-14-8-10-21-39(29)48(2,3)45(37)44-36-19-9-11-22-40(36)49-46(38)44/h4-26,49H,1-3H3. The summed E-state index contributed by atoms with van der Waals surface area (Å²) in [5.41, 5.74) is 15.7. The molecule has 1 aliphatic carbocycles. The molecule has 0 saturated heterocycles. The van der Waals surface area contributed by atoms with Gasteiger partial charge < -0.3 is 9.40 Å². The first-order chi connectivity index (χ1) is 24.5. The summed E-state index contributed by atoms with van der Waals surface area (Å²) in [4.78, 5) is 3.94. The van der Waals surface area contributed by atoms with Crippen LogP contribution in [0.2, 0.25) is 0 Å². The number of furan rings is 1. The van der Waals surface area contributed by atoms with Crippen molar-refractivity contribution in [2.45, 2.75) is 26.2 Å². The molecular formula is C48H33NO. The minimum atomic E-state index is -0.129. The van der Waals surface area contributed by atoms with E-state index in [1.165, 1.54) is 87.7 Å². The highest BCUT2D eigenvalue weighted by atomic mass is 16.3. The summed E-state index contributed by atoms with van der Waals surface area (Å²) in [5, 5.41) is 9.88. The summed E-state index contributed by atoms with van der Waals surface area (Å²) in [6.07, 6.45) is 0. The Kier molecular flexibility index (Phi) is 5.41. The maximum Gasteiger partial charge on any atom is 0.138 e. The Hall–Kier alpha value is -6.12. The van der Waals surface area contributed by atoms with E-state index in [4.69, 9.17) is 4.42 Å². The Morgan fingerprint density at radius 2 is 1.16 bits per heavy atom. The Morgan fingerprint density at radius 1 is 0.520 bits per heavy atom. The lowest BCUT2D eigenvalue weighted by molar-refractivity contribution is 0.666. The molecule has 236 valence electrons. The first-order valence-corrected chi connectivity index (χ1v) is 17.5. The van der Waals surface area contributed by atoms with Gasteiger partial charge >= 0.3 is 0 Å². The number of para-hydroxylation sites is 2. The number of H-pyrrole nitrogens is 1. The van der Waals surface area contributed by atoms with Gasteiger partial charge in [0.1, 0.15) is 11.2 Å². The van der Waals surface area contributed by atoms with Gasteiger partial charge in [-0.3, -0.25) is 0 Å². The van der Waals surface area contributed by atoms with E-state index >= 15 is 0 Å². The quantitative estimate of drug-likeness (QED) is 0.187. The third-order valence-electron chi connectivity index (χ3n) is 11.5. The van der Waals surface area contributed by atoms with Crippen LogP contribution in [0.15, 0.2) is 144 Å². The Balaban J connectivity index is 1.28. The number of aromatic amines is 1. The molecule has 0 unspecified atom stereocenters. The van der Waals surface area contributed by atoms with Gasteiger partial charge in [0.2, 0.25) is 0 Å². The van der Waals surface area contributed by atoms with Crippen LogP contribution in [-0.2, 0) is 5.41 Å². The zero-order chi connectivity index (χ0) is 33.3. The smallest absolute Gasteiger partial charge is 0.138 e. The topological polar surface area (TPSA) is 28.9 Å². The molecule has 1 aliphatic rings. The fourth-order valence-corrected chi connectivity index (χ4v) is 9.31. The van der Waals surface area contributed by atoms with Crippen molar-refractivity contribution in [2.24, 2.45) is 0 Å². The largest absolute Gasteiger partial charge is 0.456 e. The maximum atomic E-state index is 6.52. The lowest BCUT2D eigenvalue weighted by Crippen LogP contribution is -2.15.